The summed E-state index contributed by atoms with van der Waals surface area (Å²) >= 11 is 0. The van der Waals surface area contributed by atoms with E-state index in [1.807, 2.05) is 0 Å². The molecule has 0 atom stereocenters. The molecule has 0 saturated heterocycles. The zero-order valence-corrected chi connectivity index (χ0v) is 10.5. The zero-order chi connectivity index (χ0) is 12.8. The van der Waals surface area contributed by atoms with Crippen LogP contribution in [0.25, 0.3) is 0 Å². The second kappa shape index (κ2) is 3.68. The lowest BCUT2D eigenvalue weighted by Gasteiger charge is -2.15. The number of nitrogens with two attached hydrogens (primary N) is 1. The maximum absolute atomic E-state index is 13.7. The molecule has 4 nitrogen and oxygen atoms in total. The lowest BCUT2D eigenvalue weighted by molar-refractivity contribution is 0.400. The lowest BCUT2D eigenvalue weighted by Crippen LogP contribution is -2.20. The van der Waals surface area contributed by atoms with Crippen molar-refractivity contribution < 1.29 is 17.5 Å². The van der Waals surface area contributed by atoms with Gasteiger partial charge >= 0.3 is 0 Å². The Hall–Kier alpha value is -1.14. The summed E-state index contributed by atoms with van der Waals surface area (Å²) in [6, 6.07) is 2.37. The van der Waals surface area contributed by atoms with E-state index in [1.165, 1.54) is 19.2 Å². The van der Waals surface area contributed by atoms with Crippen molar-refractivity contribution in [3.05, 3.63) is 23.5 Å². The van der Waals surface area contributed by atoms with Crippen molar-refractivity contribution in [3.8, 4) is 5.75 Å². The summed E-state index contributed by atoms with van der Waals surface area (Å²) in [5.41, 5.74) is 5.94. The number of hydrogen-bond donors (Lipinski definition) is 1. The SMILES string of the molecule is COc1cc(S(C)(=O)=O)c(F)cc1C1(N)CC1. The number of benzene rings is 1. The quantitative estimate of drug-likeness (QED) is 0.885. The van der Waals surface area contributed by atoms with E-state index >= 15 is 0 Å². The van der Waals surface area contributed by atoms with Crippen LogP contribution in [0.1, 0.15) is 18.4 Å². The number of methoxy groups -OCH3 is 1. The fraction of sp³-hybridized carbons (Fsp3) is 0.455. The van der Waals surface area contributed by atoms with Crippen LogP contribution in [0.2, 0.25) is 0 Å². The van der Waals surface area contributed by atoms with Gasteiger partial charge in [-0.2, -0.15) is 0 Å². The van der Waals surface area contributed by atoms with Gasteiger partial charge in [0.25, 0.3) is 0 Å². The van der Waals surface area contributed by atoms with Crippen LogP contribution in [0, 0.1) is 5.82 Å². The van der Waals surface area contributed by atoms with E-state index in [0.29, 0.717) is 11.3 Å². The van der Waals surface area contributed by atoms with Gasteiger partial charge in [-0.15, -0.1) is 0 Å². The molecular weight excluding hydrogens is 245 g/mol. The molecule has 17 heavy (non-hydrogen) atoms. The summed E-state index contributed by atoms with van der Waals surface area (Å²) < 4.78 is 41.6. The highest BCUT2D eigenvalue weighted by Gasteiger charge is 2.43. The first-order chi connectivity index (χ1) is 7.78. The van der Waals surface area contributed by atoms with E-state index < -0.39 is 21.2 Å². The lowest BCUT2D eigenvalue weighted by atomic mass is 10.0. The van der Waals surface area contributed by atoms with Gasteiger partial charge in [0.15, 0.2) is 9.84 Å². The Morgan fingerprint density at radius 1 is 1.41 bits per heavy atom. The molecule has 0 radical (unpaired) electrons. The molecule has 6 heteroatoms. The van der Waals surface area contributed by atoms with Crippen molar-refractivity contribution >= 4 is 9.84 Å². The summed E-state index contributed by atoms with van der Waals surface area (Å²) in [6.07, 6.45) is 2.46. The molecule has 1 aliphatic rings. The van der Waals surface area contributed by atoms with Crippen LogP contribution in [-0.4, -0.2) is 21.8 Å². The smallest absolute Gasteiger partial charge is 0.178 e. The van der Waals surface area contributed by atoms with E-state index in [4.69, 9.17) is 10.5 Å². The summed E-state index contributed by atoms with van der Waals surface area (Å²) in [7, 11) is -2.19. The first-order valence-electron chi connectivity index (χ1n) is 5.15. The molecular formula is C11H14FNO3S. The van der Waals surface area contributed by atoms with Crippen LogP contribution >= 0.6 is 0 Å². The van der Waals surface area contributed by atoms with Crippen LogP contribution in [0.3, 0.4) is 0 Å². The van der Waals surface area contributed by atoms with Crippen LogP contribution in [0.5, 0.6) is 5.75 Å². The largest absolute Gasteiger partial charge is 0.496 e. The highest BCUT2D eigenvalue weighted by atomic mass is 32.2. The van der Waals surface area contributed by atoms with Crippen LogP contribution in [0.15, 0.2) is 17.0 Å². The molecule has 0 spiro atoms. The average Bonchev–Trinajstić information content (AvgIpc) is 2.95. The predicted molar refractivity (Wildman–Crippen MR) is 61.2 cm³/mol. The second-order valence-electron chi connectivity index (χ2n) is 4.41. The van der Waals surface area contributed by atoms with Crippen molar-refractivity contribution in [2.75, 3.05) is 13.4 Å². The summed E-state index contributed by atoms with van der Waals surface area (Å²) in [5, 5.41) is 0. The second-order valence-corrected chi connectivity index (χ2v) is 6.40. The fourth-order valence-corrected chi connectivity index (χ4v) is 2.52. The van der Waals surface area contributed by atoms with Gasteiger partial charge in [0.2, 0.25) is 0 Å². The Balaban J connectivity index is 2.63. The van der Waals surface area contributed by atoms with Crippen molar-refractivity contribution in [2.45, 2.75) is 23.3 Å². The van der Waals surface area contributed by atoms with Gasteiger partial charge in [-0.05, 0) is 18.9 Å². The highest BCUT2D eigenvalue weighted by Crippen LogP contribution is 2.47. The molecule has 1 aromatic rings. The molecule has 0 bridgehead atoms. The van der Waals surface area contributed by atoms with Gasteiger partial charge in [-0.3, -0.25) is 0 Å². The third kappa shape index (κ3) is 2.14. The number of ether oxygens (including phenoxy) is 1. The van der Waals surface area contributed by atoms with Crippen LogP contribution in [-0.2, 0) is 15.4 Å². The molecule has 1 fully saturated rings. The van der Waals surface area contributed by atoms with Gasteiger partial charge in [-0.25, -0.2) is 12.8 Å². The first-order valence-corrected chi connectivity index (χ1v) is 7.04. The molecule has 1 saturated carbocycles. The van der Waals surface area contributed by atoms with Gasteiger partial charge < -0.3 is 10.5 Å². The minimum Gasteiger partial charge on any atom is -0.496 e. The Bertz CT molecular complexity index is 564. The van der Waals surface area contributed by atoms with Crippen LogP contribution < -0.4 is 10.5 Å². The van der Waals surface area contributed by atoms with Crippen molar-refractivity contribution in [3.63, 3.8) is 0 Å². The molecule has 0 heterocycles. The van der Waals surface area contributed by atoms with Crippen molar-refractivity contribution in [2.24, 2.45) is 5.73 Å². The van der Waals surface area contributed by atoms with Gasteiger partial charge in [0.05, 0.1) is 7.11 Å². The van der Waals surface area contributed by atoms with Crippen molar-refractivity contribution in [1.29, 1.82) is 0 Å². The zero-order valence-electron chi connectivity index (χ0n) is 9.66. The highest BCUT2D eigenvalue weighted by molar-refractivity contribution is 7.90. The van der Waals surface area contributed by atoms with E-state index in [0.717, 1.165) is 19.1 Å². The minimum absolute atomic E-state index is 0.326. The average molecular weight is 259 g/mol. The number of sulfone groups is 1. The van der Waals surface area contributed by atoms with Crippen molar-refractivity contribution in [1.82, 2.24) is 0 Å². The van der Waals surface area contributed by atoms with Gasteiger partial charge in [0.1, 0.15) is 16.5 Å². The summed E-state index contributed by atoms with van der Waals surface area (Å²) in [5.74, 6) is -0.452. The minimum atomic E-state index is -3.60. The molecule has 2 N–H and O–H groups in total. The number of halogens is 1. The fourth-order valence-electron chi connectivity index (χ4n) is 1.78. The molecule has 0 aromatic heterocycles. The molecule has 1 aliphatic carbocycles. The van der Waals surface area contributed by atoms with E-state index in [1.54, 1.807) is 0 Å². The molecule has 94 valence electrons. The Morgan fingerprint density at radius 2 is 2.00 bits per heavy atom. The summed E-state index contributed by atoms with van der Waals surface area (Å²) in [4.78, 5) is -0.359. The van der Waals surface area contributed by atoms with E-state index in [9.17, 15) is 12.8 Å². The third-order valence-electron chi connectivity index (χ3n) is 2.98. The molecule has 0 unspecified atom stereocenters. The van der Waals surface area contributed by atoms with E-state index in [2.05, 4.69) is 0 Å². The molecule has 0 amide bonds. The van der Waals surface area contributed by atoms with E-state index in [-0.39, 0.29) is 4.90 Å². The Labute approximate surface area is 99.5 Å². The Kier molecular flexibility index (Phi) is 2.67. The molecule has 0 aliphatic heterocycles. The standard InChI is InChI=1S/C11H14FNO3S/c1-16-9-6-10(17(2,14)15)8(12)5-7(9)11(13)3-4-11/h5-6H,3-4,13H2,1-2H3. The van der Waals surface area contributed by atoms with Crippen LogP contribution in [0.4, 0.5) is 4.39 Å². The van der Waals surface area contributed by atoms with Gasteiger partial charge in [0, 0.05) is 23.4 Å². The normalized spacial score (nSPS) is 17.9. The number of hydrogen-bond acceptors (Lipinski definition) is 4. The third-order valence-corrected chi connectivity index (χ3v) is 4.09. The maximum atomic E-state index is 13.7. The first kappa shape index (κ1) is 12.3. The Morgan fingerprint density at radius 3 is 2.41 bits per heavy atom. The van der Waals surface area contributed by atoms with Gasteiger partial charge in [-0.1, -0.05) is 0 Å². The molecule has 2 rings (SSSR count). The molecule has 1 aromatic carbocycles. The summed E-state index contributed by atoms with van der Waals surface area (Å²) in [6.45, 7) is 0. The number of rotatable bonds is 3. The predicted octanol–water partition coefficient (Wildman–Crippen LogP) is 1.19. The maximum Gasteiger partial charge on any atom is 0.178 e. The topological polar surface area (TPSA) is 69.4 Å². The monoisotopic (exact) mass is 259 g/mol.